The summed E-state index contributed by atoms with van der Waals surface area (Å²) in [6.07, 6.45) is 0. The molecule has 0 aromatic carbocycles. The lowest BCUT2D eigenvalue weighted by atomic mass is 10.2. The Morgan fingerprint density at radius 3 is 2.75 bits per heavy atom. The Morgan fingerprint density at radius 1 is 1.44 bits per heavy atom. The highest BCUT2D eigenvalue weighted by Crippen LogP contribution is 2.20. The van der Waals surface area contributed by atoms with Gasteiger partial charge in [0.2, 0.25) is 6.54 Å². The van der Waals surface area contributed by atoms with Gasteiger partial charge >= 0.3 is 0 Å². The van der Waals surface area contributed by atoms with Crippen molar-refractivity contribution in [2.75, 3.05) is 0 Å². The monoisotopic (exact) mass is 219 g/mol. The number of aromatic nitrogens is 2. The maximum absolute atomic E-state index is 10.5. The van der Waals surface area contributed by atoms with E-state index >= 15 is 0 Å². The quantitative estimate of drug-likeness (QED) is 0.573. The first-order valence-corrected chi connectivity index (χ1v) is 5.03. The van der Waals surface area contributed by atoms with Gasteiger partial charge in [-0.1, -0.05) is 0 Å². The van der Waals surface area contributed by atoms with E-state index in [0.29, 0.717) is 5.69 Å². The summed E-state index contributed by atoms with van der Waals surface area (Å²) in [6.45, 7) is 3.77. The smallest absolute Gasteiger partial charge is 0.243 e. The lowest BCUT2D eigenvalue weighted by molar-refractivity contribution is -0.497. The van der Waals surface area contributed by atoms with E-state index in [4.69, 9.17) is 0 Å². The second-order valence-corrected chi connectivity index (χ2v) is 3.99. The number of nitrogens with zero attached hydrogens (tertiary/aromatic N) is 3. The summed E-state index contributed by atoms with van der Waals surface area (Å²) in [4.78, 5) is 14.6. The fourth-order valence-electron chi connectivity index (χ4n) is 1.79. The van der Waals surface area contributed by atoms with Gasteiger partial charge in [-0.25, -0.2) is 4.98 Å². The van der Waals surface area contributed by atoms with Crippen LogP contribution in [0.3, 0.4) is 0 Å². The average Bonchev–Trinajstić information content (AvgIpc) is 2.45. The van der Waals surface area contributed by atoms with Crippen molar-refractivity contribution < 1.29 is 4.92 Å². The molecule has 0 bridgehead atoms. The minimum Gasteiger partial charge on any atom is -0.327 e. The fourth-order valence-corrected chi connectivity index (χ4v) is 1.79. The zero-order chi connectivity index (χ0) is 11.9. The van der Waals surface area contributed by atoms with Crippen LogP contribution in [0.4, 0.5) is 0 Å². The molecule has 0 aliphatic rings. The van der Waals surface area contributed by atoms with Gasteiger partial charge < -0.3 is 4.57 Å². The van der Waals surface area contributed by atoms with Crippen molar-refractivity contribution in [2.24, 2.45) is 7.05 Å². The first-order valence-electron chi connectivity index (χ1n) is 5.03. The molecule has 0 fully saturated rings. The van der Waals surface area contributed by atoms with E-state index < -0.39 is 0 Å². The van der Waals surface area contributed by atoms with Crippen molar-refractivity contribution in [1.82, 2.24) is 9.55 Å². The molecule has 0 saturated heterocycles. The summed E-state index contributed by atoms with van der Waals surface area (Å²) in [6, 6.07) is 3.85. The lowest BCUT2D eigenvalue weighted by Crippen LogP contribution is -2.04. The van der Waals surface area contributed by atoms with Gasteiger partial charge in [0.1, 0.15) is 5.65 Å². The Balaban J connectivity index is 2.63. The largest absolute Gasteiger partial charge is 0.327 e. The Labute approximate surface area is 92.9 Å². The van der Waals surface area contributed by atoms with Gasteiger partial charge in [0, 0.05) is 23.1 Å². The van der Waals surface area contributed by atoms with Crippen LogP contribution in [0.15, 0.2) is 12.1 Å². The standard InChI is InChI=1S/C11H13N3O2/c1-7-4-9-5-10(6-14(15)16)13(3)11(9)12-8(7)2/h4-5H,6H2,1-3H3. The van der Waals surface area contributed by atoms with Crippen LogP contribution in [0, 0.1) is 24.0 Å². The summed E-state index contributed by atoms with van der Waals surface area (Å²) in [5.74, 6) is 0. The number of pyridine rings is 1. The van der Waals surface area contributed by atoms with E-state index in [1.807, 2.05) is 33.0 Å². The first kappa shape index (κ1) is 10.6. The normalized spacial score (nSPS) is 10.9. The molecule has 0 unspecified atom stereocenters. The number of nitro groups is 1. The molecular weight excluding hydrogens is 206 g/mol. The molecule has 16 heavy (non-hydrogen) atoms. The van der Waals surface area contributed by atoms with Gasteiger partial charge in [-0.15, -0.1) is 0 Å². The van der Waals surface area contributed by atoms with Gasteiger partial charge in [0.05, 0.1) is 5.69 Å². The van der Waals surface area contributed by atoms with E-state index in [1.165, 1.54) is 0 Å². The van der Waals surface area contributed by atoms with E-state index in [-0.39, 0.29) is 11.5 Å². The first-order chi connectivity index (χ1) is 7.49. The number of fused-ring (bicyclic) bond motifs is 1. The molecule has 84 valence electrons. The van der Waals surface area contributed by atoms with Gasteiger partial charge in [-0.05, 0) is 31.5 Å². The Bertz CT molecular complexity index is 572. The average molecular weight is 219 g/mol. The number of aryl methyl sites for hydroxylation is 3. The van der Waals surface area contributed by atoms with E-state index in [1.54, 1.807) is 4.57 Å². The van der Waals surface area contributed by atoms with Crippen LogP contribution < -0.4 is 0 Å². The van der Waals surface area contributed by atoms with Crippen molar-refractivity contribution in [3.05, 3.63) is 39.2 Å². The maximum atomic E-state index is 10.5. The SMILES string of the molecule is Cc1cc2cc(C[N+](=O)[O-])n(C)c2nc1C. The molecule has 5 nitrogen and oxygen atoms in total. The minimum atomic E-state index is -0.325. The van der Waals surface area contributed by atoms with Crippen LogP contribution in [-0.4, -0.2) is 14.5 Å². The molecule has 0 spiro atoms. The van der Waals surface area contributed by atoms with E-state index in [9.17, 15) is 10.1 Å². The molecule has 0 aliphatic heterocycles. The molecule has 0 atom stereocenters. The zero-order valence-corrected chi connectivity index (χ0v) is 9.52. The molecule has 2 heterocycles. The van der Waals surface area contributed by atoms with Crippen LogP contribution >= 0.6 is 0 Å². The highest BCUT2D eigenvalue weighted by molar-refractivity contribution is 5.78. The van der Waals surface area contributed by atoms with Gasteiger partial charge in [-0.2, -0.15) is 0 Å². The Morgan fingerprint density at radius 2 is 2.12 bits per heavy atom. The fraction of sp³-hybridized carbons (Fsp3) is 0.364. The van der Waals surface area contributed by atoms with Crippen LogP contribution in [0.5, 0.6) is 0 Å². The zero-order valence-electron chi connectivity index (χ0n) is 9.52. The second kappa shape index (κ2) is 3.59. The van der Waals surface area contributed by atoms with Crippen LogP contribution in [-0.2, 0) is 13.6 Å². The van der Waals surface area contributed by atoms with E-state index in [2.05, 4.69) is 4.98 Å². The predicted octanol–water partition coefficient (Wildman–Crippen LogP) is 1.97. The number of hydrogen-bond acceptors (Lipinski definition) is 3. The lowest BCUT2D eigenvalue weighted by Gasteiger charge is -2.02. The summed E-state index contributed by atoms with van der Waals surface area (Å²) in [5.41, 5.74) is 3.55. The van der Waals surface area contributed by atoms with Gasteiger partial charge in [0.15, 0.2) is 0 Å². The number of hydrogen-bond donors (Lipinski definition) is 0. The predicted molar refractivity (Wildman–Crippen MR) is 60.9 cm³/mol. The molecule has 0 radical (unpaired) electrons. The molecule has 2 rings (SSSR count). The van der Waals surface area contributed by atoms with Crippen molar-refractivity contribution in [3.63, 3.8) is 0 Å². The summed E-state index contributed by atoms with van der Waals surface area (Å²) in [7, 11) is 1.81. The highest BCUT2D eigenvalue weighted by Gasteiger charge is 2.12. The third-order valence-electron chi connectivity index (χ3n) is 2.84. The summed E-state index contributed by atoms with van der Waals surface area (Å²) >= 11 is 0. The molecule has 2 aromatic rings. The number of rotatable bonds is 2. The third kappa shape index (κ3) is 1.64. The molecule has 0 saturated carbocycles. The van der Waals surface area contributed by atoms with Crippen LogP contribution in [0.25, 0.3) is 11.0 Å². The molecular formula is C11H13N3O2. The molecule has 5 heteroatoms. The van der Waals surface area contributed by atoms with Crippen LogP contribution in [0.2, 0.25) is 0 Å². The van der Waals surface area contributed by atoms with Gasteiger partial charge in [0.25, 0.3) is 0 Å². The van der Waals surface area contributed by atoms with E-state index in [0.717, 1.165) is 22.3 Å². The van der Waals surface area contributed by atoms with Crippen molar-refractivity contribution >= 4 is 11.0 Å². The topological polar surface area (TPSA) is 61.0 Å². The Kier molecular flexibility index (Phi) is 2.38. The summed E-state index contributed by atoms with van der Waals surface area (Å²) < 4.78 is 1.78. The molecule has 0 aliphatic carbocycles. The van der Waals surface area contributed by atoms with Gasteiger partial charge in [-0.3, -0.25) is 10.1 Å². The Hall–Kier alpha value is -1.91. The summed E-state index contributed by atoms with van der Waals surface area (Å²) in [5, 5.41) is 11.5. The molecule has 2 aromatic heterocycles. The molecule has 0 amide bonds. The van der Waals surface area contributed by atoms with Crippen molar-refractivity contribution in [3.8, 4) is 0 Å². The molecule has 0 N–H and O–H groups in total. The van der Waals surface area contributed by atoms with Crippen molar-refractivity contribution in [2.45, 2.75) is 20.4 Å². The van der Waals surface area contributed by atoms with Crippen LogP contribution in [0.1, 0.15) is 17.0 Å². The second-order valence-electron chi connectivity index (χ2n) is 3.99. The van der Waals surface area contributed by atoms with Crippen molar-refractivity contribution in [1.29, 1.82) is 0 Å². The highest BCUT2D eigenvalue weighted by atomic mass is 16.6. The maximum Gasteiger partial charge on any atom is 0.243 e. The minimum absolute atomic E-state index is 0.162. The third-order valence-corrected chi connectivity index (χ3v) is 2.84.